The topological polar surface area (TPSA) is 117 Å². The molecular formula is C25H23N5O3. The summed E-state index contributed by atoms with van der Waals surface area (Å²) in [4.78, 5) is 38.0. The maximum Gasteiger partial charge on any atom is 0.276 e. The first kappa shape index (κ1) is 20.7. The van der Waals surface area contributed by atoms with Crippen LogP contribution in [0.3, 0.4) is 0 Å². The van der Waals surface area contributed by atoms with E-state index in [0.717, 1.165) is 16.3 Å². The number of benzene rings is 3. The molecule has 0 atom stereocenters. The summed E-state index contributed by atoms with van der Waals surface area (Å²) in [5.74, 6) is -0.135. The van der Waals surface area contributed by atoms with Gasteiger partial charge in [0.25, 0.3) is 11.5 Å². The van der Waals surface area contributed by atoms with E-state index in [1.165, 1.54) is 0 Å². The van der Waals surface area contributed by atoms with Crippen LogP contribution in [0.4, 0.5) is 5.69 Å². The summed E-state index contributed by atoms with van der Waals surface area (Å²) in [6, 6.07) is 17.0. The van der Waals surface area contributed by atoms with Crippen LogP contribution in [0.1, 0.15) is 10.4 Å². The number of ether oxygens (including phenoxy) is 1. The van der Waals surface area contributed by atoms with Gasteiger partial charge < -0.3 is 25.3 Å². The molecule has 166 valence electrons. The molecule has 4 N–H and O–H groups in total. The Bertz CT molecular complexity index is 1580. The van der Waals surface area contributed by atoms with Crippen LogP contribution in [-0.4, -0.2) is 53.1 Å². The zero-order valence-corrected chi connectivity index (χ0v) is 18.3. The van der Waals surface area contributed by atoms with Crippen molar-refractivity contribution in [2.24, 2.45) is 0 Å². The number of carbonyl (C=O) groups is 1. The van der Waals surface area contributed by atoms with Crippen molar-refractivity contribution in [2.75, 3.05) is 33.0 Å². The van der Waals surface area contributed by atoms with E-state index >= 15 is 0 Å². The van der Waals surface area contributed by atoms with E-state index in [9.17, 15) is 9.59 Å². The lowest BCUT2D eigenvalue weighted by Gasteiger charge is -2.16. The number of fused-ring (bicyclic) bond motifs is 3. The Morgan fingerprint density at radius 3 is 2.58 bits per heavy atom. The number of likely N-dealkylation sites (N-methyl/N-ethyl adjacent to an activating group) is 1. The molecular weight excluding hydrogens is 418 g/mol. The van der Waals surface area contributed by atoms with Crippen molar-refractivity contribution in [3.63, 3.8) is 0 Å². The normalized spacial score (nSPS) is 11.5. The van der Waals surface area contributed by atoms with Crippen molar-refractivity contribution in [3.8, 4) is 11.4 Å². The molecule has 2 heterocycles. The van der Waals surface area contributed by atoms with Crippen LogP contribution in [0.15, 0.2) is 59.4 Å². The highest BCUT2D eigenvalue weighted by atomic mass is 16.5. The lowest BCUT2D eigenvalue weighted by molar-refractivity contribution is 0.0744. The van der Waals surface area contributed by atoms with Gasteiger partial charge in [0.15, 0.2) is 5.69 Å². The Labute approximate surface area is 189 Å². The smallest absolute Gasteiger partial charge is 0.276 e. The molecule has 5 rings (SSSR count). The van der Waals surface area contributed by atoms with Gasteiger partial charge >= 0.3 is 0 Å². The quantitative estimate of drug-likeness (QED) is 0.361. The van der Waals surface area contributed by atoms with Gasteiger partial charge in [-0.1, -0.05) is 24.3 Å². The number of hydrogen-bond acceptors (Lipinski definition) is 5. The van der Waals surface area contributed by atoms with E-state index in [1.807, 2.05) is 36.4 Å². The number of aromatic nitrogens is 3. The number of H-pyrrole nitrogens is 2. The molecule has 0 saturated heterocycles. The monoisotopic (exact) mass is 441 g/mol. The van der Waals surface area contributed by atoms with Gasteiger partial charge in [-0.25, -0.2) is 4.98 Å². The molecule has 8 nitrogen and oxygen atoms in total. The summed E-state index contributed by atoms with van der Waals surface area (Å²) in [6.07, 6.45) is 0. The molecule has 0 bridgehead atoms. The molecule has 0 aliphatic heterocycles. The summed E-state index contributed by atoms with van der Waals surface area (Å²) in [7, 11) is 3.32. The maximum atomic E-state index is 12.9. The van der Waals surface area contributed by atoms with Crippen molar-refractivity contribution in [3.05, 3.63) is 70.5 Å². The van der Waals surface area contributed by atoms with E-state index in [4.69, 9.17) is 10.5 Å². The highest BCUT2D eigenvalue weighted by Crippen LogP contribution is 2.32. The van der Waals surface area contributed by atoms with E-state index in [1.54, 1.807) is 37.3 Å². The number of rotatable bonds is 5. The van der Waals surface area contributed by atoms with E-state index in [-0.39, 0.29) is 17.2 Å². The SMILES string of the molecule is COCCN(C)C(=O)c1ccc2[nH]c(-c3nc4cc5ccccc5cc4[nH]c3=O)c(N)c2c1. The number of amides is 1. The number of nitrogens with one attached hydrogen (secondary N) is 2. The lowest BCUT2D eigenvalue weighted by Crippen LogP contribution is -2.29. The molecule has 33 heavy (non-hydrogen) atoms. The third-order valence-electron chi connectivity index (χ3n) is 5.86. The van der Waals surface area contributed by atoms with Crippen molar-refractivity contribution < 1.29 is 9.53 Å². The Morgan fingerprint density at radius 1 is 1.06 bits per heavy atom. The minimum absolute atomic E-state index is 0.135. The van der Waals surface area contributed by atoms with E-state index in [2.05, 4.69) is 15.0 Å². The number of anilines is 1. The molecule has 0 aliphatic carbocycles. The van der Waals surface area contributed by atoms with Crippen LogP contribution in [-0.2, 0) is 4.74 Å². The highest BCUT2D eigenvalue weighted by molar-refractivity contribution is 6.05. The Hall–Kier alpha value is -4.17. The molecule has 1 amide bonds. The third kappa shape index (κ3) is 3.60. The molecule has 5 aromatic rings. The van der Waals surface area contributed by atoms with Crippen molar-refractivity contribution in [1.82, 2.24) is 19.9 Å². The fourth-order valence-electron chi connectivity index (χ4n) is 4.03. The Kier molecular flexibility index (Phi) is 5.07. The molecule has 0 aliphatic rings. The first-order valence-corrected chi connectivity index (χ1v) is 10.5. The number of nitrogens with two attached hydrogens (primary N) is 1. The van der Waals surface area contributed by atoms with Gasteiger partial charge in [0.05, 0.1) is 29.0 Å². The molecule has 2 aromatic heterocycles. The van der Waals surface area contributed by atoms with Gasteiger partial charge in [0, 0.05) is 37.2 Å². The predicted molar refractivity (Wildman–Crippen MR) is 130 cm³/mol. The van der Waals surface area contributed by atoms with Gasteiger partial charge in [-0.05, 0) is 41.1 Å². The van der Waals surface area contributed by atoms with Crippen LogP contribution < -0.4 is 11.3 Å². The Morgan fingerprint density at radius 2 is 1.82 bits per heavy atom. The second-order valence-corrected chi connectivity index (χ2v) is 8.02. The highest BCUT2D eigenvalue weighted by Gasteiger charge is 2.18. The first-order chi connectivity index (χ1) is 16.0. The molecule has 0 radical (unpaired) electrons. The van der Waals surface area contributed by atoms with E-state index in [0.29, 0.717) is 46.5 Å². The van der Waals surface area contributed by atoms with Crippen LogP contribution in [0, 0.1) is 0 Å². The third-order valence-corrected chi connectivity index (χ3v) is 5.86. The molecule has 0 spiro atoms. The maximum absolute atomic E-state index is 12.9. The molecule has 0 saturated carbocycles. The molecule has 0 fully saturated rings. The van der Waals surface area contributed by atoms with Gasteiger partial charge in [-0.2, -0.15) is 0 Å². The average molecular weight is 441 g/mol. The summed E-state index contributed by atoms with van der Waals surface area (Å²) >= 11 is 0. The fourth-order valence-corrected chi connectivity index (χ4v) is 4.03. The van der Waals surface area contributed by atoms with Crippen molar-refractivity contribution >= 4 is 44.3 Å². The standard InChI is InChI=1S/C25H23N5O3/c1-30(9-10-33-2)25(32)16-7-8-18-17(11-16)21(26)22(27-18)23-24(31)29-20-13-15-6-4-3-5-14(15)12-19(20)28-23/h3-8,11-13,27H,9-10,26H2,1-2H3,(H,29,31). The zero-order valence-electron chi connectivity index (χ0n) is 18.3. The minimum Gasteiger partial charge on any atom is -0.396 e. The zero-order chi connectivity index (χ0) is 23.1. The summed E-state index contributed by atoms with van der Waals surface area (Å²) < 4.78 is 5.05. The summed E-state index contributed by atoms with van der Waals surface area (Å²) in [6.45, 7) is 0.929. The minimum atomic E-state index is -0.341. The van der Waals surface area contributed by atoms with Gasteiger partial charge in [-0.15, -0.1) is 0 Å². The number of aromatic amines is 2. The van der Waals surface area contributed by atoms with Crippen LogP contribution >= 0.6 is 0 Å². The van der Waals surface area contributed by atoms with Gasteiger partial charge in [0.2, 0.25) is 0 Å². The number of nitrogen functional groups attached to an aromatic ring is 1. The number of methoxy groups -OCH3 is 1. The Balaban J connectivity index is 1.60. The molecule has 0 unspecified atom stereocenters. The molecule has 8 heteroatoms. The number of nitrogens with zero attached hydrogens (tertiary/aromatic N) is 2. The number of hydrogen-bond donors (Lipinski definition) is 3. The average Bonchev–Trinajstić information content (AvgIpc) is 3.15. The van der Waals surface area contributed by atoms with Crippen molar-refractivity contribution in [2.45, 2.75) is 0 Å². The van der Waals surface area contributed by atoms with Gasteiger partial charge in [0.1, 0.15) is 0 Å². The van der Waals surface area contributed by atoms with Crippen LogP contribution in [0.25, 0.3) is 44.1 Å². The van der Waals surface area contributed by atoms with Crippen LogP contribution in [0.5, 0.6) is 0 Å². The predicted octanol–water partition coefficient (Wildman–Crippen LogP) is 3.53. The summed E-state index contributed by atoms with van der Waals surface area (Å²) in [5, 5.41) is 2.71. The van der Waals surface area contributed by atoms with Crippen LogP contribution in [0.2, 0.25) is 0 Å². The fraction of sp³-hybridized carbons (Fsp3) is 0.160. The summed E-state index contributed by atoms with van der Waals surface area (Å²) in [5.41, 5.74) is 9.64. The second-order valence-electron chi connectivity index (χ2n) is 8.02. The van der Waals surface area contributed by atoms with Gasteiger partial charge in [-0.3, -0.25) is 9.59 Å². The largest absolute Gasteiger partial charge is 0.396 e. The molecule has 3 aromatic carbocycles. The lowest BCUT2D eigenvalue weighted by atomic mass is 10.1. The van der Waals surface area contributed by atoms with E-state index < -0.39 is 0 Å². The second kappa shape index (κ2) is 8.07. The number of carbonyl (C=O) groups excluding carboxylic acids is 1. The first-order valence-electron chi connectivity index (χ1n) is 10.5. The van der Waals surface area contributed by atoms with Crippen molar-refractivity contribution in [1.29, 1.82) is 0 Å².